The molecule has 0 N–H and O–H groups in total. The molecule has 0 aliphatic rings. The Morgan fingerprint density at radius 2 is 1.82 bits per heavy atom. The first-order chi connectivity index (χ1) is 8.38. The molecule has 0 atom stereocenters. The van der Waals surface area contributed by atoms with E-state index in [9.17, 15) is 0 Å². The fraction of sp³-hybridized carbons (Fsp3) is 0.154. The van der Waals surface area contributed by atoms with Crippen LogP contribution >= 0.6 is 0 Å². The van der Waals surface area contributed by atoms with Gasteiger partial charge in [-0.2, -0.15) is 0 Å². The maximum atomic E-state index is 8.37. The molecular formula is C13H12N4. The Hall–Kier alpha value is -2.32. The van der Waals surface area contributed by atoms with Gasteiger partial charge in [0.1, 0.15) is 0 Å². The highest BCUT2D eigenvalue weighted by molar-refractivity contribution is 5.40. The summed E-state index contributed by atoms with van der Waals surface area (Å²) < 4.78 is 0. The molecule has 0 aliphatic carbocycles. The van der Waals surface area contributed by atoms with E-state index in [1.807, 2.05) is 30.3 Å². The number of pyridine rings is 1. The van der Waals surface area contributed by atoms with Gasteiger partial charge in [0.05, 0.1) is 0 Å². The minimum Gasteiger partial charge on any atom is -0.265 e. The third kappa shape index (κ3) is 3.33. The van der Waals surface area contributed by atoms with Crippen LogP contribution in [-0.4, -0.2) is 4.98 Å². The Morgan fingerprint density at radius 3 is 2.59 bits per heavy atom. The van der Waals surface area contributed by atoms with Gasteiger partial charge in [-0.3, -0.25) is 4.98 Å². The molecule has 1 aromatic heterocycles. The van der Waals surface area contributed by atoms with Crippen LogP contribution in [0.5, 0.6) is 0 Å². The molecule has 2 rings (SSSR count). The largest absolute Gasteiger partial charge is 0.265 e. The molecule has 0 saturated carbocycles. The summed E-state index contributed by atoms with van der Waals surface area (Å²) in [5.74, 6) is 0. The van der Waals surface area contributed by atoms with Crippen molar-refractivity contribution in [2.75, 3.05) is 0 Å². The molecule has 1 heterocycles. The highest BCUT2D eigenvalue weighted by Gasteiger charge is 1.96. The number of benzene rings is 1. The van der Waals surface area contributed by atoms with Crippen LogP contribution in [-0.2, 0) is 12.8 Å². The van der Waals surface area contributed by atoms with Crippen molar-refractivity contribution in [3.05, 3.63) is 70.4 Å². The van der Waals surface area contributed by atoms with Crippen LogP contribution < -0.4 is 0 Å². The summed E-state index contributed by atoms with van der Waals surface area (Å²) in [7, 11) is 0. The fourth-order valence-electron chi connectivity index (χ4n) is 1.66. The maximum Gasteiger partial charge on any atom is 0.0378 e. The first-order valence-corrected chi connectivity index (χ1v) is 5.41. The van der Waals surface area contributed by atoms with Crippen molar-refractivity contribution in [1.82, 2.24) is 4.98 Å². The molecule has 0 aliphatic heterocycles. The topological polar surface area (TPSA) is 61.7 Å². The predicted octanol–water partition coefficient (Wildman–Crippen LogP) is 3.81. The van der Waals surface area contributed by atoms with E-state index >= 15 is 0 Å². The summed E-state index contributed by atoms with van der Waals surface area (Å²) in [6.45, 7) is 0. The van der Waals surface area contributed by atoms with Crippen molar-refractivity contribution >= 4 is 5.69 Å². The molecule has 2 aromatic rings. The standard InChI is InChI=1S/C13H12N4/c14-17-16-13-3-1-2-12(10-13)5-4-11-6-8-15-9-7-11/h1-3,6-10H,4-5H2. The van der Waals surface area contributed by atoms with E-state index in [4.69, 9.17) is 5.53 Å². The molecule has 17 heavy (non-hydrogen) atoms. The second kappa shape index (κ2) is 5.68. The Morgan fingerprint density at radius 1 is 1.06 bits per heavy atom. The SMILES string of the molecule is [N-]=[N+]=Nc1cccc(CCc2ccncc2)c1. The van der Waals surface area contributed by atoms with Gasteiger partial charge < -0.3 is 0 Å². The number of azide groups is 1. The molecular weight excluding hydrogens is 212 g/mol. The molecule has 0 unspecified atom stereocenters. The number of nitrogens with zero attached hydrogens (tertiary/aromatic N) is 4. The van der Waals surface area contributed by atoms with E-state index in [0.717, 1.165) is 12.8 Å². The van der Waals surface area contributed by atoms with Gasteiger partial charge in [-0.15, -0.1) is 0 Å². The van der Waals surface area contributed by atoms with Gasteiger partial charge in [0.15, 0.2) is 0 Å². The van der Waals surface area contributed by atoms with Crippen molar-refractivity contribution in [2.45, 2.75) is 12.8 Å². The van der Waals surface area contributed by atoms with Crippen molar-refractivity contribution in [2.24, 2.45) is 5.11 Å². The Bertz CT molecular complexity index is 530. The van der Waals surface area contributed by atoms with Gasteiger partial charge >= 0.3 is 0 Å². The van der Waals surface area contributed by atoms with E-state index < -0.39 is 0 Å². The van der Waals surface area contributed by atoms with Crippen LogP contribution in [0, 0.1) is 0 Å². The van der Waals surface area contributed by atoms with Crippen LogP contribution in [0.3, 0.4) is 0 Å². The van der Waals surface area contributed by atoms with Crippen LogP contribution in [0.2, 0.25) is 0 Å². The lowest BCUT2D eigenvalue weighted by Gasteiger charge is -2.02. The molecule has 0 spiro atoms. The lowest BCUT2D eigenvalue weighted by molar-refractivity contribution is 0.955. The number of hydrogen-bond acceptors (Lipinski definition) is 2. The predicted molar refractivity (Wildman–Crippen MR) is 66.9 cm³/mol. The highest BCUT2D eigenvalue weighted by atomic mass is 15.1. The third-order valence-electron chi connectivity index (χ3n) is 2.52. The van der Waals surface area contributed by atoms with E-state index in [0.29, 0.717) is 5.69 Å². The normalized spacial score (nSPS) is 9.65. The monoisotopic (exact) mass is 224 g/mol. The van der Waals surface area contributed by atoms with Crippen LogP contribution in [0.4, 0.5) is 5.69 Å². The summed E-state index contributed by atoms with van der Waals surface area (Å²) in [5.41, 5.74) is 11.5. The summed E-state index contributed by atoms with van der Waals surface area (Å²) in [6.07, 6.45) is 5.48. The minimum absolute atomic E-state index is 0.666. The third-order valence-corrected chi connectivity index (χ3v) is 2.52. The second-order valence-electron chi connectivity index (χ2n) is 3.71. The molecule has 4 heteroatoms. The van der Waals surface area contributed by atoms with Gasteiger partial charge in [0, 0.05) is 23.0 Å². The first kappa shape index (κ1) is 11.2. The summed E-state index contributed by atoms with van der Waals surface area (Å²) in [6, 6.07) is 11.7. The average Bonchev–Trinajstić information content (AvgIpc) is 2.39. The van der Waals surface area contributed by atoms with E-state index in [1.54, 1.807) is 18.5 Å². The van der Waals surface area contributed by atoms with Crippen LogP contribution in [0.25, 0.3) is 10.4 Å². The minimum atomic E-state index is 0.666. The van der Waals surface area contributed by atoms with Crippen molar-refractivity contribution in [3.8, 4) is 0 Å². The molecule has 0 saturated heterocycles. The Kier molecular flexibility index (Phi) is 3.73. The number of rotatable bonds is 4. The van der Waals surface area contributed by atoms with Gasteiger partial charge in [-0.25, -0.2) is 0 Å². The zero-order valence-corrected chi connectivity index (χ0v) is 9.32. The summed E-state index contributed by atoms with van der Waals surface area (Å²) >= 11 is 0. The number of aryl methyl sites for hydroxylation is 2. The molecule has 0 amide bonds. The average molecular weight is 224 g/mol. The second-order valence-corrected chi connectivity index (χ2v) is 3.71. The summed E-state index contributed by atoms with van der Waals surface area (Å²) in [4.78, 5) is 6.77. The van der Waals surface area contributed by atoms with E-state index in [2.05, 4.69) is 15.0 Å². The van der Waals surface area contributed by atoms with Gasteiger partial charge in [-0.05, 0) is 47.7 Å². The summed E-state index contributed by atoms with van der Waals surface area (Å²) in [5, 5.41) is 3.59. The van der Waals surface area contributed by atoms with Crippen LogP contribution in [0.1, 0.15) is 11.1 Å². The Balaban J connectivity index is 2.04. The zero-order chi connectivity index (χ0) is 11.9. The lowest BCUT2D eigenvalue weighted by atomic mass is 10.1. The van der Waals surface area contributed by atoms with Crippen molar-refractivity contribution in [3.63, 3.8) is 0 Å². The molecule has 0 bridgehead atoms. The van der Waals surface area contributed by atoms with E-state index in [-0.39, 0.29) is 0 Å². The lowest BCUT2D eigenvalue weighted by Crippen LogP contribution is -1.90. The maximum absolute atomic E-state index is 8.37. The fourth-order valence-corrected chi connectivity index (χ4v) is 1.66. The first-order valence-electron chi connectivity index (χ1n) is 5.41. The molecule has 84 valence electrons. The molecule has 4 nitrogen and oxygen atoms in total. The van der Waals surface area contributed by atoms with E-state index in [1.165, 1.54) is 11.1 Å². The van der Waals surface area contributed by atoms with Crippen LogP contribution in [0.15, 0.2) is 53.9 Å². The zero-order valence-electron chi connectivity index (χ0n) is 9.32. The van der Waals surface area contributed by atoms with Crippen molar-refractivity contribution in [1.29, 1.82) is 0 Å². The quantitative estimate of drug-likeness (QED) is 0.442. The highest BCUT2D eigenvalue weighted by Crippen LogP contribution is 2.15. The van der Waals surface area contributed by atoms with Gasteiger partial charge in [-0.1, -0.05) is 23.3 Å². The van der Waals surface area contributed by atoms with Gasteiger partial charge in [0.2, 0.25) is 0 Å². The van der Waals surface area contributed by atoms with Crippen molar-refractivity contribution < 1.29 is 0 Å². The Labute approximate surface area is 99.6 Å². The number of hydrogen-bond donors (Lipinski definition) is 0. The molecule has 0 radical (unpaired) electrons. The smallest absolute Gasteiger partial charge is 0.0378 e. The molecule has 1 aromatic carbocycles. The number of aromatic nitrogens is 1. The van der Waals surface area contributed by atoms with Gasteiger partial charge in [0.25, 0.3) is 0 Å². The molecule has 0 fully saturated rings.